The Bertz CT molecular complexity index is 436. The first-order valence-electron chi connectivity index (χ1n) is 4.98. The van der Waals surface area contributed by atoms with Gasteiger partial charge in [0.05, 0.1) is 23.4 Å². The largest absolute Gasteiger partial charge is 0.359 e. The number of Topliss-reactive ketones (excluding diaryl/α,β-unsaturated/α-hetero) is 1. The fourth-order valence-electron chi connectivity index (χ4n) is 1.48. The molecule has 0 radical (unpaired) electrons. The lowest BCUT2D eigenvalue weighted by atomic mass is 10.2. The van der Waals surface area contributed by atoms with E-state index in [2.05, 4.69) is 9.97 Å². The van der Waals surface area contributed by atoms with E-state index < -0.39 is 0 Å². The van der Waals surface area contributed by atoms with Crippen LogP contribution >= 0.6 is 11.3 Å². The van der Waals surface area contributed by atoms with Gasteiger partial charge in [-0.25, -0.2) is 4.98 Å². The number of carbonyl (C=O) groups is 1. The van der Waals surface area contributed by atoms with E-state index in [0.29, 0.717) is 18.8 Å². The van der Waals surface area contributed by atoms with Crippen molar-refractivity contribution in [2.75, 3.05) is 13.6 Å². The maximum atomic E-state index is 11.8. The molecule has 0 unspecified atom stereocenters. The number of thiazole rings is 1. The SMILES string of the molecule is CN(CC(=O)c1ccc[nH]1)Cc1cscn1. The van der Waals surface area contributed by atoms with Gasteiger partial charge in [0.25, 0.3) is 0 Å². The Kier molecular flexibility index (Phi) is 3.48. The number of hydrogen-bond donors (Lipinski definition) is 1. The molecule has 2 aromatic rings. The Morgan fingerprint density at radius 1 is 1.62 bits per heavy atom. The molecule has 2 rings (SSSR count). The molecule has 0 aromatic carbocycles. The third-order valence-corrected chi connectivity index (χ3v) is 2.86. The van der Waals surface area contributed by atoms with Crippen LogP contribution in [0, 0.1) is 0 Å². The summed E-state index contributed by atoms with van der Waals surface area (Å²) in [4.78, 5) is 20.8. The van der Waals surface area contributed by atoms with Crippen molar-refractivity contribution >= 4 is 17.1 Å². The van der Waals surface area contributed by atoms with Crippen LogP contribution in [0.25, 0.3) is 0 Å². The predicted molar refractivity (Wildman–Crippen MR) is 63.6 cm³/mol. The van der Waals surface area contributed by atoms with Gasteiger partial charge < -0.3 is 4.98 Å². The van der Waals surface area contributed by atoms with E-state index in [1.54, 1.807) is 29.1 Å². The highest BCUT2D eigenvalue weighted by atomic mass is 32.1. The Morgan fingerprint density at radius 3 is 3.12 bits per heavy atom. The molecule has 0 aliphatic rings. The third-order valence-electron chi connectivity index (χ3n) is 2.23. The molecule has 0 aliphatic carbocycles. The molecule has 0 fully saturated rings. The van der Waals surface area contributed by atoms with Crippen molar-refractivity contribution in [2.24, 2.45) is 0 Å². The highest BCUT2D eigenvalue weighted by Crippen LogP contribution is 2.05. The summed E-state index contributed by atoms with van der Waals surface area (Å²) < 4.78 is 0. The molecule has 1 N–H and O–H groups in total. The number of carbonyl (C=O) groups excluding carboxylic acids is 1. The Balaban J connectivity index is 1.88. The molecule has 0 spiro atoms. The monoisotopic (exact) mass is 235 g/mol. The second kappa shape index (κ2) is 5.05. The Hall–Kier alpha value is -1.46. The normalized spacial score (nSPS) is 10.9. The van der Waals surface area contributed by atoms with E-state index in [-0.39, 0.29) is 5.78 Å². The second-order valence-corrected chi connectivity index (χ2v) is 4.38. The summed E-state index contributed by atoms with van der Waals surface area (Å²) in [6.45, 7) is 1.11. The number of rotatable bonds is 5. The number of ketones is 1. The van der Waals surface area contributed by atoms with E-state index >= 15 is 0 Å². The van der Waals surface area contributed by atoms with Crippen molar-refractivity contribution in [1.29, 1.82) is 0 Å². The van der Waals surface area contributed by atoms with Gasteiger partial charge in [-0.3, -0.25) is 9.69 Å². The minimum Gasteiger partial charge on any atom is -0.359 e. The lowest BCUT2D eigenvalue weighted by molar-refractivity contribution is 0.0938. The summed E-state index contributed by atoms with van der Waals surface area (Å²) in [5, 5.41) is 2.00. The first kappa shape index (κ1) is 11.0. The van der Waals surface area contributed by atoms with Gasteiger partial charge in [0.15, 0.2) is 5.78 Å². The lowest BCUT2D eigenvalue weighted by Gasteiger charge is -2.13. The van der Waals surface area contributed by atoms with Crippen LogP contribution in [-0.4, -0.2) is 34.2 Å². The van der Waals surface area contributed by atoms with Gasteiger partial charge in [-0.15, -0.1) is 11.3 Å². The van der Waals surface area contributed by atoms with E-state index in [4.69, 9.17) is 0 Å². The number of aromatic nitrogens is 2. The van der Waals surface area contributed by atoms with Gasteiger partial charge in [0.1, 0.15) is 0 Å². The third kappa shape index (κ3) is 2.77. The van der Waals surface area contributed by atoms with Crippen molar-refractivity contribution < 1.29 is 4.79 Å². The summed E-state index contributed by atoms with van der Waals surface area (Å²) in [6, 6.07) is 3.62. The highest BCUT2D eigenvalue weighted by molar-refractivity contribution is 7.07. The van der Waals surface area contributed by atoms with Crippen LogP contribution < -0.4 is 0 Å². The van der Waals surface area contributed by atoms with E-state index in [9.17, 15) is 4.79 Å². The van der Waals surface area contributed by atoms with Crippen LogP contribution in [-0.2, 0) is 6.54 Å². The van der Waals surface area contributed by atoms with Crippen LogP contribution in [0.4, 0.5) is 0 Å². The highest BCUT2D eigenvalue weighted by Gasteiger charge is 2.10. The van der Waals surface area contributed by atoms with Crippen molar-refractivity contribution in [2.45, 2.75) is 6.54 Å². The first-order chi connectivity index (χ1) is 7.75. The molecule has 5 heteroatoms. The fourth-order valence-corrected chi connectivity index (χ4v) is 2.03. The molecule has 2 aromatic heterocycles. The minimum atomic E-state index is 0.0997. The molecular formula is C11H13N3OS. The van der Waals surface area contributed by atoms with Crippen LogP contribution in [0.3, 0.4) is 0 Å². The Morgan fingerprint density at radius 2 is 2.50 bits per heavy atom. The summed E-state index contributed by atoms with van der Waals surface area (Å²) in [7, 11) is 1.92. The number of nitrogens with one attached hydrogen (secondary N) is 1. The molecule has 0 saturated carbocycles. The summed E-state index contributed by atoms with van der Waals surface area (Å²) >= 11 is 1.57. The smallest absolute Gasteiger partial charge is 0.192 e. The van der Waals surface area contributed by atoms with Gasteiger partial charge >= 0.3 is 0 Å². The Labute approximate surface area is 97.9 Å². The zero-order valence-corrected chi connectivity index (χ0v) is 9.83. The predicted octanol–water partition coefficient (Wildman–Crippen LogP) is 1.79. The molecule has 0 bridgehead atoms. The molecule has 16 heavy (non-hydrogen) atoms. The zero-order valence-electron chi connectivity index (χ0n) is 9.01. The van der Waals surface area contributed by atoms with Gasteiger partial charge in [-0.2, -0.15) is 0 Å². The van der Waals surface area contributed by atoms with Crippen molar-refractivity contribution in [1.82, 2.24) is 14.9 Å². The van der Waals surface area contributed by atoms with E-state index in [1.807, 2.05) is 23.4 Å². The molecule has 0 atom stereocenters. The molecule has 0 amide bonds. The molecule has 4 nitrogen and oxygen atoms in total. The number of likely N-dealkylation sites (N-methyl/N-ethyl adjacent to an activating group) is 1. The molecular weight excluding hydrogens is 222 g/mol. The average molecular weight is 235 g/mol. The number of H-pyrrole nitrogens is 1. The average Bonchev–Trinajstić information content (AvgIpc) is 2.88. The van der Waals surface area contributed by atoms with Gasteiger partial charge in [-0.1, -0.05) is 0 Å². The maximum Gasteiger partial charge on any atom is 0.192 e. The van der Waals surface area contributed by atoms with Crippen LogP contribution in [0.1, 0.15) is 16.2 Å². The van der Waals surface area contributed by atoms with Gasteiger partial charge in [-0.05, 0) is 19.2 Å². The van der Waals surface area contributed by atoms with Crippen molar-refractivity contribution in [3.8, 4) is 0 Å². The van der Waals surface area contributed by atoms with Gasteiger partial charge in [0.2, 0.25) is 0 Å². The van der Waals surface area contributed by atoms with E-state index in [1.165, 1.54) is 0 Å². The van der Waals surface area contributed by atoms with Crippen molar-refractivity contribution in [3.05, 3.63) is 40.6 Å². The molecule has 0 aliphatic heterocycles. The van der Waals surface area contributed by atoms with Crippen LogP contribution in [0.5, 0.6) is 0 Å². The number of hydrogen-bond acceptors (Lipinski definition) is 4. The standard InChI is InChI=1S/C11H13N3OS/c1-14(5-9-7-16-8-13-9)6-11(15)10-3-2-4-12-10/h2-4,7-8,12H,5-6H2,1H3. The van der Waals surface area contributed by atoms with Crippen LogP contribution in [0.2, 0.25) is 0 Å². The molecule has 0 saturated heterocycles. The number of aromatic amines is 1. The van der Waals surface area contributed by atoms with Crippen molar-refractivity contribution in [3.63, 3.8) is 0 Å². The zero-order chi connectivity index (χ0) is 11.4. The molecule has 2 heterocycles. The van der Waals surface area contributed by atoms with E-state index in [0.717, 1.165) is 5.69 Å². The summed E-state index contributed by atoms with van der Waals surface area (Å²) in [5.74, 6) is 0.0997. The topological polar surface area (TPSA) is 49.0 Å². The number of nitrogens with zero attached hydrogens (tertiary/aromatic N) is 2. The molecule has 84 valence electrons. The second-order valence-electron chi connectivity index (χ2n) is 3.66. The quantitative estimate of drug-likeness (QED) is 0.804. The van der Waals surface area contributed by atoms with Crippen LogP contribution in [0.15, 0.2) is 29.2 Å². The lowest BCUT2D eigenvalue weighted by Crippen LogP contribution is -2.25. The summed E-state index contributed by atoms with van der Waals surface area (Å²) in [5.41, 5.74) is 3.47. The summed E-state index contributed by atoms with van der Waals surface area (Å²) in [6.07, 6.45) is 1.76. The first-order valence-corrected chi connectivity index (χ1v) is 5.92. The van der Waals surface area contributed by atoms with Gasteiger partial charge in [0, 0.05) is 18.1 Å². The maximum absolute atomic E-state index is 11.8. The fraction of sp³-hybridized carbons (Fsp3) is 0.273. The minimum absolute atomic E-state index is 0.0997.